The molecule has 2 aromatic heterocycles. The first-order chi connectivity index (χ1) is 15.1. The number of aryl methyl sites for hydroxylation is 2. The third-order valence-corrected chi connectivity index (χ3v) is 6.46. The number of aromatic nitrogens is 3. The lowest BCUT2D eigenvalue weighted by atomic mass is 9.88. The van der Waals surface area contributed by atoms with E-state index in [1.807, 2.05) is 17.6 Å². The highest BCUT2D eigenvalue weighted by molar-refractivity contribution is 5.97. The Hall–Kier alpha value is -2.93. The molecule has 1 aliphatic carbocycles. The van der Waals surface area contributed by atoms with E-state index in [1.165, 1.54) is 11.1 Å². The van der Waals surface area contributed by atoms with Crippen LogP contribution in [0.2, 0.25) is 0 Å². The van der Waals surface area contributed by atoms with Gasteiger partial charge in [-0.3, -0.25) is 9.59 Å². The molecule has 32 heavy (non-hydrogen) atoms. The number of anilines is 1. The van der Waals surface area contributed by atoms with E-state index in [-0.39, 0.29) is 35.3 Å². The van der Waals surface area contributed by atoms with Crippen molar-refractivity contribution in [3.8, 4) is 0 Å². The van der Waals surface area contributed by atoms with Crippen LogP contribution in [0.1, 0.15) is 47.7 Å². The van der Waals surface area contributed by atoms with Gasteiger partial charge in [-0.05, 0) is 50.2 Å². The fraction of sp³-hybridized carbons (Fsp3) is 0.417. The van der Waals surface area contributed by atoms with E-state index in [9.17, 15) is 9.59 Å². The lowest BCUT2D eigenvalue weighted by Crippen LogP contribution is -2.41. The van der Waals surface area contributed by atoms with Gasteiger partial charge in [-0.25, -0.2) is 4.98 Å². The molecule has 1 saturated heterocycles. The quantitative estimate of drug-likeness (QED) is 0.656. The van der Waals surface area contributed by atoms with Crippen molar-refractivity contribution in [3.05, 3.63) is 63.6 Å². The van der Waals surface area contributed by atoms with Gasteiger partial charge < -0.3 is 14.8 Å². The topological polar surface area (TPSA) is 80.1 Å². The zero-order valence-corrected chi connectivity index (χ0v) is 19.0. The van der Waals surface area contributed by atoms with Gasteiger partial charge in [0.15, 0.2) is 0 Å². The van der Waals surface area contributed by atoms with E-state index in [0.29, 0.717) is 23.5 Å². The van der Waals surface area contributed by atoms with Crippen molar-refractivity contribution < 1.29 is 4.79 Å². The molecule has 0 radical (unpaired) electrons. The second-order valence-electron chi connectivity index (χ2n) is 8.44. The molecule has 7 nitrogen and oxygen atoms in total. The molecule has 1 unspecified atom stereocenters. The van der Waals surface area contributed by atoms with Crippen LogP contribution in [0, 0.1) is 0 Å². The summed E-state index contributed by atoms with van der Waals surface area (Å²) in [4.78, 5) is 37.5. The molecule has 168 valence electrons. The number of hydrogen-bond acceptors (Lipinski definition) is 5. The Morgan fingerprint density at radius 3 is 2.69 bits per heavy atom. The van der Waals surface area contributed by atoms with E-state index < -0.39 is 0 Å². The van der Waals surface area contributed by atoms with Crippen LogP contribution in [-0.2, 0) is 19.4 Å². The van der Waals surface area contributed by atoms with Gasteiger partial charge in [0, 0.05) is 38.1 Å². The summed E-state index contributed by atoms with van der Waals surface area (Å²) in [5.41, 5.74) is 3.06. The van der Waals surface area contributed by atoms with Gasteiger partial charge >= 0.3 is 0 Å². The number of rotatable bonds is 4. The van der Waals surface area contributed by atoms with Gasteiger partial charge in [-0.2, -0.15) is 4.98 Å². The van der Waals surface area contributed by atoms with Crippen LogP contribution >= 0.6 is 12.4 Å². The first-order valence-electron chi connectivity index (χ1n) is 11.2. The van der Waals surface area contributed by atoms with Crippen molar-refractivity contribution in [3.63, 3.8) is 0 Å². The summed E-state index contributed by atoms with van der Waals surface area (Å²) in [5.74, 6) is 0.340. The summed E-state index contributed by atoms with van der Waals surface area (Å²) in [6, 6.07) is 8.37. The molecule has 1 aromatic carbocycles. The maximum Gasteiger partial charge on any atom is 0.257 e. The van der Waals surface area contributed by atoms with Gasteiger partial charge in [0.25, 0.3) is 5.91 Å². The van der Waals surface area contributed by atoms with Crippen LogP contribution in [-0.4, -0.2) is 39.6 Å². The summed E-state index contributed by atoms with van der Waals surface area (Å²) in [5, 5.41) is 3.48. The molecular formula is C24H28ClN5O2. The third kappa shape index (κ3) is 4.09. The van der Waals surface area contributed by atoms with E-state index in [2.05, 4.69) is 38.4 Å². The Bertz CT molecular complexity index is 1200. The minimum atomic E-state index is -0.317. The second kappa shape index (κ2) is 9.28. The molecule has 3 heterocycles. The SMILES string of the molecule is CCn1cc(C(=O)NC2CCc3ccccc3C2)c(=O)c2cnc(N3CCCC3)nc21.Cl. The van der Waals surface area contributed by atoms with E-state index in [0.717, 1.165) is 45.2 Å². The minimum absolute atomic E-state index is 0. The number of carbonyl (C=O) groups excluding carboxylic acids is 1. The number of pyridine rings is 1. The summed E-state index contributed by atoms with van der Waals surface area (Å²) >= 11 is 0. The Morgan fingerprint density at radius 1 is 1.19 bits per heavy atom. The molecule has 1 N–H and O–H groups in total. The van der Waals surface area contributed by atoms with Gasteiger partial charge in [-0.15, -0.1) is 12.4 Å². The Labute approximate surface area is 193 Å². The largest absolute Gasteiger partial charge is 0.349 e. The average molecular weight is 454 g/mol. The average Bonchev–Trinajstić information content (AvgIpc) is 3.34. The molecule has 0 bridgehead atoms. The molecule has 1 amide bonds. The van der Waals surface area contributed by atoms with Crippen LogP contribution < -0.4 is 15.6 Å². The Morgan fingerprint density at radius 2 is 1.94 bits per heavy atom. The smallest absolute Gasteiger partial charge is 0.257 e. The maximum atomic E-state index is 13.1. The highest BCUT2D eigenvalue weighted by Crippen LogP contribution is 2.22. The van der Waals surface area contributed by atoms with E-state index in [1.54, 1.807) is 12.4 Å². The van der Waals surface area contributed by atoms with E-state index in [4.69, 9.17) is 0 Å². The zero-order chi connectivity index (χ0) is 21.4. The van der Waals surface area contributed by atoms with E-state index >= 15 is 0 Å². The fourth-order valence-corrected chi connectivity index (χ4v) is 4.72. The number of fused-ring (bicyclic) bond motifs is 2. The molecule has 0 saturated carbocycles. The Kier molecular flexibility index (Phi) is 6.46. The molecule has 0 spiro atoms. The number of benzene rings is 1. The number of halogens is 1. The first-order valence-corrected chi connectivity index (χ1v) is 11.2. The second-order valence-corrected chi connectivity index (χ2v) is 8.44. The van der Waals surface area contributed by atoms with Crippen LogP contribution in [0.5, 0.6) is 0 Å². The molecule has 1 aliphatic heterocycles. The zero-order valence-electron chi connectivity index (χ0n) is 18.2. The summed E-state index contributed by atoms with van der Waals surface area (Å²) in [7, 11) is 0. The minimum Gasteiger partial charge on any atom is -0.349 e. The van der Waals surface area contributed by atoms with Crippen molar-refractivity contribution in [1.29, 1.82) is 0 Å². The van der Waals surface area contributed by atoms with Gasteiger partial charge in [-0.1, -0.05) is 24.3 Å². The van der Waals surface area contributed by atoms with Crippen LogP contribution in [0.25, 0.3) is 11.0 Å². The predicted molar refractivity (Wildman–Crippen MR) is 128 cm³/mol. The van der Waals surface area contributed by atoms with Crippen LogP contribution in [0.4, 0.5) is 5.95 Å². The predicted octanol–water partition coefficient (Wildman–Crippen LogP) is 3.12. The van der Waals surface area contributed by atoms with Gasteiger partial charge in [0.2, 0.25) is 11.4 Å². The third-order valence-electron chi connectivity index (χ3n) is 6.46. The van der Waals surface area contributed by atoms with Gasteiger partial charge in [0.05, 0.1) is 5.39 Å². The number of carbonyl (C=O) groups is 1. The summed E-state index contributed by atoms with van der Waals surface area (Å²) < 4.78 is 1.88. The summed E-state index contributed by atoms with van der Waals surface area (Å²) in [6.45, 7) is 4.48. The van der Waals surface area contributed by atoms with Crippen molar-refractivity contribution in [2.24, 2.45) is 0 Å². The number of hydrogen-bond donors (Lipinski definition) is 1. The Balaban J connectivity index is 0.00000245. The van der Waals surface area contributed by atoms with Crippen molar-refractivity contribution in [2.75, 3.05) is 18.0 Å². The molecule has 3 aromatic rings. The lowest BCUT2D eigenvalue weighted by molar-refractivity contribution is 0.0932. The molecule has 5 rings (SSSR count). The molecule has 8 heteroatoms. The highest BCUT2D eigenvalue weighted by atomic mass is 35.5. The molecule has 1 fully saturated rings. The maximum absolute atomic E-state index is 13.1. The summed E-state index contributed by atoms with van der Waals surface area (Å²) in [6.07, 6.45) is 8.10. The fourth-order valence-electron chi connectivity index (χ4n) is 4.72. The highest BCUT2D eigenvalue weighted by Gasteiger charge is 2.24. The van der Waals surface area contributed by atoms with Crippen molar-refractivity contribution >= 4 is 35.3 Å². The van der Waals surface area contributed by atoms with Crippen molar-refractivity contribution in [1.82, 2.24) is 19.9 Å². The van der Waals surface area contributed by atoms with Crippen LogP contribution in [0.3, 0.4) is 0 Å². The monoisotopic (exact) mass is 453 g/mol. The standard InChI is InChI=1S/C24H27N5O2.ClH/c1-2-28-15-20(23(31)26-18-10-9-16-7-3-4-8-17(16)13-18)21(30)19-14-25-24(27-22(19)28)29-11-5-6-12-29;/h3-4,7-8,14-15,18H,2,5-6,9-13H2,1H3,(H,26,31);1H. The van der Waals surface area contributed by atoms with Crippen LogP contribution in [0.15, 0.2) is 41.5 Å². The molecule has 2 aliphatic rings. The van der Waals surface area contributed by atoms with Gasteiger partial charge in [0.1, 0.15) is 11.2 Å². The number of nitrogens with one attached hydrogen (secondary N) is 1. The molecular weight excluding hydrogens is 426 g/mol. The van der Waals surface area contributed by atoms with Crippen molar-refractivity contribution in [2.45, 2.75) is 51.6 Å². The normalized spacial score (nSPS) is 17.7. The first kappa shape index (κ1) is 22.3. The lowest BCUT2D eigenvalue weighted by Gasteiger charge is -2.25. The number of nitrogens with zero attached hydrogens (tertiary/aromatic N) is 4. The molecule has 1 atom stereocenters. The number of amides is 1.